The van der Waals surface area contributed by atoms with Crippen molar-refractivity contribution in [2.45, 2.75) is 38.8 Å². The fraction of sp³-hybridized carbons (Fsp3) is 0.500. The minimum Gasteiger partial charge on any atom is -0.380 e. The number of ether oxygens (including phenoxy) is 1. The highest BCUT2D eigenvalue weighted by Gasteiger charge is 2.20. The Morgan fingerprint density at radius 3 is 2.74 bits per heavy atom. The number of hydrogen-bond donors (Lipinski definition) is 1. The lowest BCUT2D eigenvalue weighted by Crippen LogP contribution is -2.42. The van der Waals surface area contributed by atoms with Crippen molar-refractivity contribution in [3.63, 3.8) is 0 Å². The highest BCUT2D eigenvalue weighted by molar-refractivity contribution is 7.17. The zero-order chi connectivity index (χ0) is 13.7. The molecule has 2 unspecified atom stereocenters. The van der Waals surface area contributed by atoms with Crippen LogP contribution in [0, 0.1) is 0 Å². The van der Waals surface area contributed by atoms with Crippen LogP contribution < -0.4 is 5.32 Å². The number of hydrogen-bond acceptors (Lipinski definition) is 3. The maximum atomic E-state index is 5.62. The molecule has 0 saturated carbocycles. The molecule has 2 nitrogen and oxygen atoms in total. The molecular weight excluding hydrogens is 254 g/mol. The standard InChI is InChI=1S/C16H23NOS/c1-4-15(18-3)14(17-5-2)10-12-11-19-16-9-7-6-8-13(12)16/h6-9,11,14-15,17H,4-5,10H2,1-3H3. The first-order chi connectivity index (χ1) is 9.30. The Labute approximate surface area is 119 Å². The molecule has 1 N–H and O–H groups in total. The van der Waals surface area contributed by atoms with Gasteiger partial charge in [-0.2, -0.15) is 0 Å². The van der Waals surface area contributed by atoms with E-state index >= 15 is 0 Å². The van der Waals surface area contributed by atoms with E-state index < -0.39 is 0 Å². The van der Waals surface area contributed by atoms with E-state index in [1.54, 1.807) is 0 Å². The van der Waals surface area contributed by atoms with Gasteiger partial charge in [-0.05, 0) is 41.8 Å². The second kappa shape index (κ2) is 7.04. The molecule has 2 atom stereocenters. The van der Waals surface area contributed by atoms with Gasteiger partial charge in [-0.3, -0.25) is 0 Å². The third-order valence-electron chi connectivity index (χ3n) is 3.62. The van der Waals surface area contributed by atoms with Gasteiger partial charge in [-0.15, -0.1) is 11.3 Å². The van der Waals surface area contributed by atoms with Crippen LogP contribution in [0.4, 0.5) is 0 Å². The minimum atomic E-state index is 0.276. The molecular formula is C16H23NOS. The molecule has 0 fully saturated rings. The van der Waals surface area contributed by atoms with E-state index in [2.05, 4.69) is 48.8 Å². The summed E-state index contributed by atoms with van der Waals surface area (Å²) >= 11 is 1.83. The van der Waals surface area contributed by atoms with Gasteiger partial charge in [0.2, 0.25) is 0 Å². The van der Waals surface area contributed by atoms with E-state index in [4.69, 9.17) is 4.74 Å². The topological polar surface area (TPSA) is 21.3 Å². The maximum absolute atomic E-state index is 5.62. The van der Waals surface area contributed by atoms with Crippen LogP contribution in [-0.4, -0.2) is 25.8 Å². The van der Waals surface area contributed by atoms with Crippen molar-refractivity contribution in [2.75, 3.05) is 13.7 Å². The van der Waals surface area contributed by atoms with Crippen molar-refractivity contribution in [2.24, 2.45) is 0 Å². The number of methoxy groups -OCH3 is 1. The molecule has 1 aromatic heterocycles. The molecule has 0 spiro atoms. The van der Waals surface area contributed by atoms with Crippen LogP contribution >= 0.6 is 11.3 Å². The van der Waals surface area contributed by atoms with Crippen LogP contribution in [0.2, 0.25) is 0 Å². The van der Waals surface area contributed by atoms with Crippen LogP contribution in [0.25, 0.3) is 10.1 Å². The second-order valence-corrected chi connectivity index (χ2v) is 5.72. The SMILES string of the molecule is CCNC(Cc1csc2ccccc12)C(CC)OC. The summed E-state index contributed by atoms with van der Waals surface area (Å²) in [6.45, 7) is 5.32. The average molecular weight is 277 g/mol. The molecule has 2 rings (SSSR count). The van der Waals surface area contributed by atoms with Crippen molar-refractivity contribution in [1.82, 2.24) is 5.32 Å². The molecule has 0 aliphatic heterocycles. The van der Waals surface area contributed by atoms with E-state index in [9.17, 15) is 0 Å². The quantitative estimate of drug-likeness (QED) is 0.830. The Hall–Kier alpha value is -0.900. The first kappa shape index (κ1) is 14.5. The van der Waals surface area contributed by atoms with Crippen LogP contribution in [0.5, 0.6) is 0 Å². The van der Waals surface area contributed by atoms with E-state index in [0.29, 0.717) is 6.04 Å². The highest BCUT2D eigenvalue weighted by atomic mass is 32.1. The Bertz CT molecular complexity index is 504. The molecule has 0 radical (unpaired) electrons. The van der Waals surface area contributed by atoms with Gasteiger partial charge < -0.3 is 10.1 Å². The van der Waals surface area contributed by atoms with Crippen LogP contribution in [0.3, 0.4) is 0 Å². The fourth-order valence-corrected chi connectivity index (χ4v) is 3.62. The van der Waals surface area contributed by atoms with E-state index in [0.717, 1.165) is 19.4 Å². The van der Waals surface area contributed by atoms with Gasteiger partial charge in [0.25, 0.3) is 0 Å². The Morgan fingerprint density at radius 2 is 2.05 bits per heavy atom. The van der Waals surface area contributed by atoms with Crippen LogP contribution in [0.15, 0.2) is 29.6 Å². The second-order valence-electron chi connectivity index (χ2n) is 4.81. The largest absolute Gasteiger partial charge is 0.380 e. The summed E-state index contributed by atoms with van der Waals surface area (Å²) in [6, 6.07) is 9.03. The number of rotatable bonds is 7. The van der Waals surface area contributed by atoms with Gasteiger partial charge in [-0.1, -0.05) is 32.0 Å². The smallest absolute Gasteiger partial charge is 0.0724 e. The van der Waals surface area contributed by atoms with Gasteiger partial charge in [0.15, 0.2) is 0 Å². The zero-order valence-electron chi connectivity index (χ0n) is 12.0. The fourth-order valence-electron chi connectivity index (χ4n) is 2.64. The molecule has 0 amide bonds. The van der Waals surface area contributed by atoms with Gasteiger partial charge in [-0.25, -0.2) is 0 Å². The monoisotopic (exact) mass is 277 g/mol. The number of likely N-dealkylation sites (N-methyl/N-ethyl adjacent to an activating group) is 1. The zero-order valence-corrected chi connectivity index (χ0v) is 12.8. The van der Waals surface area contributed by atoms with Crippen LogP contribution in [0.1, 0.15) is 25.8 Å². The molecule has 0 aliphatic carbocycles. The van der Waals surface area contributed by atoms with Crippen molar-refractivity contribution in [3.05, 3.63) is 35.2 Å². The van der Waals surface area contributed by atoms with E-state index in [1.807, 2.05) is 18.4 Å². The summed E-state index contributed by atoms with van der Waals surface area (Å²) in [7, 11) is 1.81. The van der Waals surface area contributed by atoms with Gasteiger partial charge >= 0.3 is 0 Å². The Kier molecular flexibility index (Phi) is 5.37. The maximum Gasteiger partial charge on any atom is 0.0724 e. The highest BCUT2D eigenvalue weighted by Crippen LogP contribution is 2.27. The molecule has 19 heavy (non-hydrogen) atoms. The third kappa shape index (κ3) is 3.35. The lowest BCUT2D eigenvalue weighted by atomic mass is 9.99. The Balaban J connectivity index is 2.20. The molecule has 0 bridgehead atoms. The first-order valence-corrected chi connectivity index (χ1v) is 7.89. The Morgan fingerprint density at radius 1 is 1.26 bits per heavy atom. The lowest BCUT2D eigenvalue weighted by molar-refractivity contribution is 0.0660. The summed E-state index contributed by atoms with van der Waals surface area (Å²) in [4.78, 5) is 0. The number of fused-ring (bicyclic) bond motifs is 1. The number of benzene rings is 1. The predicted molar refractivity (Wildman–Crippen MR) is 84.1 cm³/mol. The van der Waals surface area contributed by atoms with Gasteiger partial charge in [0.05, 0.1) is 6.10 Å². The van der Waals surface area contributed by atoms with Crippen molar-refractivity contribution in [1.29, 1.82) is 0 Å². The molecule has 0 saturated heterocycles. The van der Waals surface area contributed by atoms with Crippen LogP contribution in [-0.2, 0) is 11.2 Å². The van der Waals surface area contributed by atoms with Gasteiger partial charge in [0.1, 0.15) is 0 Å². The average Bonchev–Trinajstić information content (AvgIpc) is 2.84. The third-order valence-corrected chi connectivity index (χ3v) is 4.63. The first-order valence-electron chi connectivity index (χ1n) is 7.01. The summed E-state index contributed by atoms with van der Waals surface area (Å²) in [5.74, 6) is 0. The molecule has 0 aliphatic rings. The van der Waals surface area contributed by atoms with Crippen molar-refractivity contribution in [3.8, 4) is 0 Å². The summed E-state index contributed by atoms with van der Waals surface area (Å²) in [5.41, 5.74) is 1.43. The molecule has 1 aromatic carbocycles. The summed E-state index contributed by atoms with van der Waals surface area (Å²) in [5, 5.41) is 7.25. The predicted octanol–water partition coefficient (Wildman–Crippen LogP) is 3.85. The number of thiophene rings is 1. The van der Waals surface area contributed by atoms with Crippen molar-refractivity contribution >= 4 is 21.4 Å². The van der Waals surface area contributed by atoms with E-state index in [-0.39, 0.29) is 6.10 Å². The molecule has 104 valence electrons. The molecule has 1 heterocycles. The number of nitrogens with one attached hydrogen (secondary N) is 1. The van der Waals surface area contributed by atoms with Crippen molar-refractivity contribution < 1.29 is 4.74 Å². The van der Waals surface area contributed by atoms with E-state index in [1.165, 1.54) is 15.6 Å². The summed E-state index contributed by atoms with van der Waals surface area (Å²) in [6.07, 6.45) is 2.35. The minimum absolute atomic E-state index is 0.276. The lowest BCUT2D eigenvalue weighted by Gasteiger charge is -2.25. The summed E-state index contributed by atoms with van der Waals surface area (Å²) < 4.78 is 6.99. The molecule has 2 aromatic rings. The molecule has 3 heteroatoms. The normalized spacial score (nSPS) is 14.7. The van der Waals surface area contributed by atoms with Gasteiger partial charge in [0, 0.05) is 17.9 Å².